The molecule has 7 heteroatoms. The van der Waals surface area contributed by atoms with Gasteiger partial charge in [-0.2, -0.15) is 0 Å². The Morgan fingerprint density at radius 3 is 2.81 bits per heavy atom. The lowest BCUT2D eigenvalue weighted by molar-refractivity contribution is 0.0688. The molecule has 0 aliphatic carbocycles. The number of amides is 1. The van der Waals surface area contributed by atoms with Crippen LogP contribution in [0, 0.1) is 5.82 Å². The van der Waals surface area contributed by atoms with Crippen LogP contribution in [-0.4, -0.2) is 26.4 Å². The van der Waals surface area contributed by atoms with Crippen LogP contribution in [0.3, 0.4) is 0 Å². The summed E-state index contributed by atoms with van der Waals surface area (Å²) < 4.78 is 15.9. The van der Waals surface area contributed by atoms with Gasteiger partial charge in [0.25, 0.3) is 5.91 Å². The van der Waals surface area contributed by atoms with E-state index in [0.717, 1.165) is 0 Å². The Kier molecular flexibility index (Phi) is 5.74. The molecule has 0 atom stereocenters. The third-order valence-electron chi connectivity index (χ3n) is 4.12. The first-order valence-corrected chi connectivity index (χ1v) is 9.50. The van der Waals surface area contributed by atoms with Crippen molar-refractivity contribution in [1.29, 1.82) is 0 Å². The molecule has 0 spiro atoms. The Morgan fingerprint density at radius 2 is 2.15 bits per heavy atom. The summed E-state index contributed by atoms with van der Waals surface area (Å²) in [4.78, 5) is 19.6. The van der Waals surface area contributed by atoms with Crippen molar-refractivity contribution in [2.24, 2.45) is 0 Å². The highest BCUT2D eigenvalue weighted by Gasteiger charge is 2.22. The fourth-order valence-electron chi connectivity index (χ4n) is 2.67. The fourth-order valence-corrected chi connectivity index (χ4v) is 3.57. The van der Waals surface area contributed by atoms with Gasteiger partial charge < -0.3 is 9.47 Å². The third-order valence-corrected chi connectivity index (χ3v) is 5.33. The zero-order valence-electron chi connectivity index (χ0n) is 14.5. The largest absolute Gasteiger partial charge is 0.329 e. The lowest BCUT2D eigenvalue weighted by atomic mass is 10.2. The lowest BCUT2D eigenvalue weighted by Crippen LogP contribution is -2.37. The van der Waals surface area contributed by atoms with Gasteiger partial charge in [-0.3, -0.25) is 4.79 Å². The fraction of sp³-hybridized carbons (Fsp3) is 0.263. The summed E-state index contributed by atoms with van der Waals surface area (Å²) in [5.41, 5.74) is 0.411. The predicted molar refractivity (Wildman–Crippen MR) is 102 cm³/mol. The van der Waals surface area contributed by atoms with Crippen molar-refractivity contribution in [2.75, 3.05) is 0 Å². The Balaban J connectivity index is 1.84. The molecule has 136 valence electrons. The van der Waals surface area contributed by atoms with Gasteiger partial charge in [0.15, 0.2) is 0 Å². The van der Waals surface area contributed by atoms with E-state index in [2.05, 4.69) is 4.98 Å². The van der Waals surface area contributed by atoms with Crippen molar-refractivity contribution in [1.82, 2.24) is 14.5 Å². The number of thiophene rings is 1. The SMILES string of the molecule is CC(C)N(Cc1nccn1Cc1c(F)cccc1Cl)C(=O)c1cccs1. The summed E-state index contributed by atoms with van der Waals surface area (Å²) in [7, 11) is 0. The topological polar surface area (TPSA) is 38.1 Å². The average molecular weight is 392 g/mol. The second-order valence-corrected chi connectivity index (χ2v) is 7.53. The highest BCUT2D eigenvalue weighted by atomic mass is 35.5. The van der Waals surface area contributed by atoms with E-state index in [1.807, 2.05) is 35.9 Å². The maximum Gasteiger partial charge on any atom is 0.264 e. The summed E-state index contributed by atoms with van der Waals surface area (Å²) in [5.74, 6) is 0.295. The number of aromatic nitrogens is 2. The maximum atomic E-state index is 14.1. The van der Waals surface area contributed by atoms with E-state index in [0.29, 0.717) is 27.8 Å². The van der Waals surface area contributed by atoms with Crippen molar-refractivity contribution in [3.63, 3.8) is 0 Å². The summed E-state index contributed by atoms with van der Waals surface area (Å²) in [6, 6.07) is 8.31. The zero-order valence-corrected chi connectivity index (χ0v) is 16.1. The van der Waals surface area contributed by atoms with E-state index >= 15 is 0 Å². The van der Waals surface area contributed by atoms with E-state index in [-0.39, 0.29) is 24.3 Å². The van der Waals surface area contributed by atoms with Crippen molar-refractivity contribution in [3.05, 3.63) is 75.2 Å². The number of carbonyl (C=O) groups excluding carboxylic acids is 1. The molecule has 0 saturated carbocycles. The molecule has 1 amide bonds. The van der Waals surface area contributed by atoms with Crippen molar-refractivity contribution in [2.45, 2.75) is 33.0 Å². The van der Waals surface area contributed by atoms with E-state index in [4.69, 9.17) is 11.6 Å². The van der Waals surface area contributed by atoms with Crippen LogP contribution in [-0.2, 0) is 13.1 Å². The first kappa shape index (κ1) is 18.6. The summed E-state index contributed by atoms with van der Waals surface area (Å²) in [5, 5.41) is 2.26. The van der Waals surface area contributed by atoms with Gasteiger partial charge in [0.1, 0.15) is 11.6 Å². The summed E-state index contributed by atoms with van der Waals surface area (Å²) >= 11 is 7.55. The second kappa shape index (κ2) is 8.01. The van der Waals surface area contributed by atoms with Crippen molar-refractivity contribution in [3.8, 4) is 0 Å². The molecule has 0 unspecified atom stereocenters. The lowest BCUT2D eigenvalue weighted by Gasteiger charge is -2.26. The molecule has 0 radical (unpaired) electrons. The van der Waals surface area contributed by atoms with Gasteiger partial charge in [-0.15, -0.1) is 11.3 Å². The summed E-state index contributed by atoms with van der Waals surface area (Å²) in [6.07, 6.45) is 3.42. The molecular formula is C19H19ClFN3OS. The molecule has 0 saturated heterocycles. The Morgan fingerprint density at radius 1 is 1.35 bits per heavy atom. The van der Waals surface area contributed by atoms with Gasteiger partial charge in [0, 0.05) is 29.0 Å². The second-order valence-electron chi connectivity index (χ2n) is 6.18. The maximum absolute atomic E-state index is 14.1. The molecule has 2 heterocycles. The molecule has 0 aliphatic rings. The minimum atomic E-state index is -0.354. The summed E-state index contributed by atoms with van der Waals surface area (Å²) in [6.45, 7) is 4.53. The minimum absolute atomic E-state index is 0.00630. The van der Waals surface area contributed by atoms with Crippen LogP contribution in [0.25, 0.3) is 0 Å². The average Bonchev–Trinajstić information content (AvgIpc) is 3.27. The molecule has 26 heavy (non-hydrogen) atoms. The van der Waals surface area contributed by atoms with Crippen molar-refractivity contribution < 1.29 is 9.18 Å². The van der Waals surface area contributed by atoms with Crippen LogP contribution in [0.4, 0.5) is 4.39 Å². The van der Waals surface area contributed by atoms with Crippen LogP contribution in [0.15, 0.2) is 48.1 Å². The number of hydrogen-bond acceptors (Lipinski definition) is 3. The number of rotatable bonds is 6. The van der Waals surface area contributed by atoms with Gasteiger partial charge in [0.05, 0.1) is 18.0 Å². The molecule has 1 aromatic carbocycles. The number of halogens is 2. The van der Waals surface area contributed by atoms with Crippen LogP contribution < -0.4 is 0 Å². The molecule has 2 aromatic heterocycles. The van der Waals surface area contributed by atoms with E-state index in [9.17, 15) is 9.18 Å². The zero-order chi connectivity index (χ0) is 18.7. The quantitative estimate of drug-likeness (QED) is 0.603. The number of benzene rings is 1. The van der Waals surface area contributed by atoms with E-state index in [1.54, 1.807) is 29.4 Å². The Labute approximate surface area is 160 Å². The van der Waals surface area contributed by atoms with Gasteiger partial charge in [-0.25, -0.2) is 9.37 Å². The monoisotopic (exact) mass is 391 g/mol. The van der Waals surface area contributed by atoms with Gasteiger partial charge in [0.2, 0.25) is 0 Å². The number of nitrogens with zero attached hydrogens (tertiary/aromatic N) is 3. The van der Waals surface area contributed by atoms with Gasteiger partial charge in [-0.05, 0) is 37.4 Å². The van der Waals surface area contributed by atoms with Crippen molar-refractivity contribution >= 4 is 28.8 Å². The highest BCUT2D eigenvalue weighted by Crippen LogP contribution is 2.22. The Bertz CT molecular complexity index is 872. The van der Waals surface area contributed by atoms with Crippen LogP contribution >= 0.6 is 22.9 Å². The van der Waals surface area contributed by atoms with E-state index in [1.165, 1.54) is 17.4 Å². The van der Waals surface area contributed by atoms with Gasteiger partial charge >= 0.3 is 0 Å². The normalized spacial score (nSPS) is 11.1. The van der Waals surface area contributed by atoms with E-state index < -0.39 is 0 Å². The standard InChI is InChI=1S/C19H19ClFN3OS/c1-13(2)24(19(25)17-7-4-10-26-17)12-18-22-8-9-23(18)11-14-15(20)5-3-6-16(14)21/h3-10,13H,11-12H2,1-2H3. The van der Waals surface area contributed by atoms with Gasteiger partial charge in [-0.1, -0.05) is 23.7 Å². The van der Waals surface area contributed by atoms with Crippen LogP contribution in [0.2, 0.25) is 5.02 Å². The first-order chi connectivity index (χ1) is 12.5. The third kappa shape index (κ3) is 3.97. The minimum Gasteiger partial charge on any atom is -0.329 e. The molecule has 0 aliphatic heterocycles. The molecule has 4 nitrogen and oxygen atoms in total. The highest BCUT2D eigenvalue weighted by molar-refractivity contribution is 7.12. The van der Waals surface area contributed by atoms with Crippen LogP contribution in [0.5, 0.6) is 0 Å². The number of imidazole rings is 1. The Hall–Kier alpha value is -2.18. The number of carbonyl (C=O) groups is 1. The molecule has 0 fully saturated rings. The first-order valence-electron chi connectivity index (χ1n) is 8.24. The molecular weight excluding hydrogens is 373 g/mol. The molecule has 0 N–H and O–H groups in total. The van der Waals surface area contributed by atoms with Crippen LogP contribution in [0.1, 0.15) is 34.9 Å². The smallest absolute Gasteiger partial charge is 0.264 e. The number of hydrogen-bond donors (Lipinski definition) is 0. The molecule has 0 bridgehead atoms. The predicted octanol–water partition coefficient (Wildman–Crippen LogP) is 4.84. The molecule has 3 aromatic rings. The molecule has 3 rings (SSSR count).